The molecule has 3 heterocycles. The first-order chi connectivity index (χ1) is 13.7. The van der Waals surface area contributed by atoms with Crippen molar-refractivity contribution in [1.82, 2.24) is 20.2 Å². The molecule has 6 nitrogen and oxygen atoms in total. The maximum atomic E-state index is 10.2. The molecule has 0 fully saturated rings. The number of hydrogen-bond acceptors (Lipinski definition) is 6. The lowest BCUT2D eigenvalue weighted by atomic mass is 9.94. The number of hydrogen-bond donors (Lipinski definition) is 2. The Balaban J connectivity index is 0.00000136. The zero-order chi connectivity index (χ0) is 20.5. The first-order valence-corrected chi connectivity index (χ1v) is 9.84. The van der Waals surface area contributed by atoms with Crippen molar-refractivity contribution in [2.75, 3.05) is 0 Å². The Labute approximate surface area is 166 Å². The largest absolute Gasteiger partial charge is 0.506 e. The molecule has 0 bridgehead atoms. The van der Waals surface area contributed by atoms with Crippen LogP contribution in [0.4, 0.5) is 0 Å². The van der Waals surface area contributed by atoms with Crippen molar-refractivity contribution in [2.45, 2.75) is 53.4 Å². The van der Waals surface area contributed by atoms with E-state index in [-0.39, 0.29) is 11.5 Å². The molecule has 3 aromatic rings. The maximum Gasteiger partial charge on any atom is 0.143 e. The van der Waals surface area contributed by atoms with Gasteiger partial charge < -0.3 is 10.2 Å². The number of aromatic hydroxyl groups is 2. The Morgan fingerprint density at radius 2 is 1.07 bits per heavy atom. The van der Waals surface area contributed by atoms with Crippen LogP contribution < -0.4 is 0 Å². The van der Waals surface area contributed by atoms with Crippen LogP contribution in [0.5, 0.6) is 11.5 Å². The van der Waals surface area contributed by atoms with Crippen molar-refractivity contribution in [3.8, 4) is 34.3 Å². The van der Waals surface area contributed by atoms with Gasteiger partial charge in [-0.1, -0.05) is 40.5 Å². The summed E-state index contributed by atoms with van der Waals surface area (Å²) < 4.78 is 0. The Kier molecular flexibility index (Phi) is 7.87. The van der Waals surface area contributed by atoms with Crippen molar-refractivity contribution in [2.24, 2.45) is 0 Å². The Morgan fingerprint density at radius 1 is 0.679 bits per heavy atom. The van der Waals surface area contributed by atoms with E-state index < -0.39 is 0 Å². The molecule has 3 aromatic heterocycles. The lowest BCUT2D eigenvalue weighted by Gasteiger charge is -2.16. The maximum absolute atomic E-state index is 10.2. The number of aromatic nitrogens is 4. The third kappa shape index (κ3) is 4.44. The zero-order valence-corrected chi connectivity index (χ0v) is 17.0. The summed E-state index contributed by atoms with van der Waals surface area (Å²) in [5, 5.41) is 29.2. The molecule has 2 N–H and O–H groups in total. The van der Waals surface area contributed by atoms with E-state index in [0.29, 0.717) is 22.8 Å². The van der Waals surface area contributed by atoms with E-state index in [2.05, 4.69) is 34.0 Å². The minimum atomic E-state index is 0.0787. The smallest absolute Gasteiger partial charge is 0.143 e. The van der Waals surface area contributed by atoms with E-state index in [1.54, 1.807) is 36.7 Å². The summed E-state index contributed by atoms with van der Waals surface area (Å²) in [7, 11) is 0. The first kappa shape index (κ1) is 21.3. The van der Waals surface area contributed by atoms with Crippen LogP contribution in [0.1, 0.15) is 51.7 Å². The topological polar surface area (TPSA) is 92.0 Å². The fourth-order valence-corrected chi connectivity index (χ4v) is 3.08. The second kappa shape index (κ2) is 10.3. The highest BCUT2D eigenvalue weighted by molar-refractivity contribution is 5.73. The SMILES string of the molecule is CC.CCCc1c(-c2ncccc2O)nnc(-c2ncccc2O)c1CCC. The molecule has 0 amide bonds. The Bertz CT molecular complexity index is 838. The fourth-order valence-electron chi connectivity index (χ4n) is 3.08. The number of pyridine rings is 2. The molecule has 0 saturated carbocycles. The Morgan fingerprint density at radius 3 is 1.39 bits per heavy atom. The summed E-state index contributed by atoms with van der Waals surface area (Å²) in [6.45, 7) is 8.19. The summed E-state index contributed by atoms with van der Waals surface area (Å²) in [4.78, 5) is 8.59. The second-order valence-electron chi connectivity index (χ2n) is 6.10. The molecular formula is C22H28N4O2. The van der Waals surface area contributed by atoms with Gasteiger partial charge in [0.1, 0.15) is 34.3 Å². The molecule has 0 radical (unpaired) electrons. The van der Waals surface area contributed by atoms with Crippen molar-refractivity contribution >= 4 is 0 Å². The van der Waals surface area contributed by atoms with Gasteiger partial charge in [0.25, 0.3) is 0 Å². The highest BCUT2D eigenvalue weighted by Gasteiger charge is 2.22. The minimum absolute atomic E-state index is 0.0787. The van der Waals surface area contributed by atoms with Crippen molar-refractivity contribution in [3.05, 3.63) is 47.8 Å². The minimum Gasteiger partial charge on any atom is -0.506 e. The van der Waals surface area contributed by atoms with Gasteiger partial charge in [0.15, 0.2) is 0 Å². The fraction of sp³-hybridized carbons (Fsp3) is 0.364. The van der Waals surface area contributed by atoms with E-state index in [1.807, 2.05) is 13.8 Å². The molecule has 6 heteroatoms. The van der Waals surface area contributed by atoms with E-state index in [1.165, 1.54) is 0 Å². The Hall–Kier alpha value is -3.02. The van der Waals surface area contributed by atoms with Crippen molar-refractivity contribution in [1.29, 1.82) is 0 Å². The molecule has 0 saturated heterocycles. The van der Waals surface area contributed by atoms with Gasteiger partial charge in [-0.3, -0.25) is 9.97 Å². The van der Waals surface area contributed by atoms with Gasteiger partial charge in [0.05, 0.1) is 0 Å². The van der Waals surface area contributed by atoms with Gasteiger partial charge in [-0.05, 0) is 48.2 Å². The average Bonchev–Trinajstić information content (AvgIpc) is 2.72. The van der Waals surface area contributed by atoms with Gasteiger partial charge in [-0.25, -0.2) is 0 Å². The third-order valence-corrected chi connectivity index (χ3v) is 4.21. The predicted molar refractivity (Wildman–Crippen MR) is 111 cm³/mol. The second-order valence-corrected chi connectivity index (χ2v) is 6.10. The average molecular weight is 380 g/mol. The molecule has 0 spiro atoms. The zero-order valence-electron chi connectivity index (χ0n) is 17.0. The normalized spacial score (nSPS) is 10.3. The summed E-state index contributed by atoms with van der Waals surface area (Å²) in [5.74, 6) is 0.157. The lowest BCUT2D eigenvalue weighted by molar-refractivity contribution is 0.473. The molecular weight excluding hydrogens is 352 g/mol. The molecule has 0 aliphatic heterocycles. The molecule has 148 valence electrons. The van der Waals surface area contributed by atoms with Crippen LogP contribution in [0.3, 0.4) is 0 Å². The molecule has 0 aliphatic rings. The van der Waals surface area contributed by atoms with Crippen molar-refractivity contribution in [3.63, 3.8) is 0 Å². The lowest BCUT2D eigenvalue weighted by Crippen LogP contribution is -2.07. The van der Waals surface area contributed by atoms with Crippen LogP contribution in [0.15, 0.2) is 36.7 Å². The molecule has 0 unspecified atom stereocenters. The van der Waals surface area contributed by atoms with E-state index in [0.717, 1.165) is 36.8 Å². The highest BCUT2D eigenvalue weighted by Crippen LogP contribution is 2.35. The predicted octanol–water partition coefficient (Wildman–Crippen LogP) is 4.94. The van der Waals surface area contributed by atoms with Gasteiger partial charge in [-0.2, -0.15) is 0 Å². The first-order valence-electron chi connectivity index (χ1n) is 9.84. The van der Waals surface area contributed by atoms with Gasteiger partial charge in [-0.15, -0.1) is 10.2 Å². The molecule has 0 atom stereocenters. The summed E-state index contributed by atoms with van der Waals surface area (Å²) >= 11 is 0. The molecule has 3 rings (SSSR count). The van der Waals surface area contributed by atoms with Crippen LogP contribution in [-0.4, -0.2) is 30.4 Å². The third-order valence-electron chi connectivity index (χ3n) is 4.21. The summed E-state index contributed by atoms with van der Waals surface area (Å²) in [5.41, 5.74) is 4.03. The highest BCUT2D eigenvalue weighted by atomic mass is 16.3. The van der Waals surface area contributed by atoms with Gasteiger partial charge in [0.2, 0.25) is 0 Å². The van der Waals surface area contributed by atoms with Crippen LogP contribution in [0.25, 0.3) is 22.8 Å². The number of rotatable bonds is 6. The van der Waals surface area contributed by atoms with Gasteiger partial charge in [0, 0.05) is 12.4 Å². The van der Waals surface area contributed by atoms with Crippen LogP contribution in [0, 0.1) is 0 Å². The van der Waals surface area contributed by atoms with Crippen molar-refractivity contribution < 1.29 is 10.2 Å². The van der Waals surface area contributed by atoms with Gasteiger partial charge >= 0.3 is 0 Å². The summed E-state index contributed by atoms with van der Waals surface area (Å²) in [6.07, 6.45) is 6.63. The monoisotopic (exact) mass is 380 g/mol. The van der Waals surface area contributed by atoms with E-state index in [9.17, 15) is 10.2 Å². The van der Waals surface area contributed by atoms with Crippen LogP contribution >= 0.6 is 0 Å². The molecule has 28 heavy (non-hydrogen) atoms. The molecule has 0 aromatic carbocycles. The van der Waals surface area contributed by atoms with E-state index >= 15 is 0 Å². The number of nitrogens with zero attached hydrogens (tertiary/aromatic N) is 4. The van der Waals surface area contributed by atoms with Crippen LogP contribution in [0.2, 0.25) is 0 Å². The van der Waals surface area contributed by atoms with Crippen LogP contribution in [-0.2, 0) is 12.8 Å². The summed E-state index contributed by atoms with van der Waals surface area (Å²) in [6, 6.07) is 6.55. The quantitative estimate of drug-likeness (QED) is 0.629. The molecule has 0 aliphatic carbocycles. The standard InChI is InChI=1S/C20H22N4O2.C2H6/c1-3-7-13-14(8-4-2)18(20-16(26)10-6-12-22-20)24-23-17(13)19-15(25)9-5-11-21-19;1-2/h5-6,9-12,25-26H,3-4,7-8H2,1-2H3;1-2H3. The van der Waals surface area contributed by atoms with E-state index in [4.69, 9.17) is 0 Å².